The summed E-state index contributed by atoms with van der Waals surface area (Å²) in [4.78, 5) is 9.03. The van der Waals surface area contributed by atoms with Gasteiger partial charge in [-0.3, -0.25) is 0 Å². The summed E-state index contributed by atoms with van der Waals surface area (Å²) in [5, 5.41) is 9.03. The lowest BCUT2D eigenvalue weighted by atomic mass is 10.2. The maximum absolute atomic E-state index is 9.03. The number of rotatable bonds is 5. The molecule has 0 aliphatic carbocycles. The van der Waals surface area contributed by atoms with E-state index in [4.69, 9.17) is 9.90 Å². The van der Waals surface area contributed by atoms with Crippen molar-refractivity contribution in [2.45, 2.75) is 26.9 Å². The van der Waals surface area contributed by atoms with Crippen molar-refractivity contribution < 1.29 is 14.6 Å². The molecular weight excluding hydrogens is 259 g/mol. The van der Waals surface area contributed by atoms with E-state index in [0.717, 1.165) is 7.11 Å². The Morgan fingerprint density at radius 3 is 1.84 bits per heavy atom. The molecule has 1 aromatic carbocycles. The maximum atomic E-state index is 9.03. The molecule has 0 bridgehead atoms. The lowest BCUT2D eigenvalue weighted by Gasteiger charge is -2.23. The van der Waals surface area contributed by atoms with Crippen molar-refractivity contribution in [2.24, 2.45) is 0 Å². The van der Waals surface area contributed by atoms with E-state index < -0.39 is 13.4 Å². The van der Waals surface area contributed by atoms with Crippen LogP contribution in [0.1, 0.15) is 26.3 Å². The highest BCUT2D eigenvalue weighted by Crippen LogP contribution is 2.60. The van der Waals surface area contributed by atoms with Gasteiger partial charge in [0.15, 0.2) is 0 Å². The van der Waals surface area contributed by atoms with Crippen molar-refractivity contribution in [3.05, 3.63) is 35.9 Å². The van der Waals surface area contributed by atoms with Crippen LogP contribution in [0, 0.1) is 0 Å². The van der Waals surface area contributed by atoms with E-state index in [0.29, 0.717) is 0 Å². The van der Waals surface area contributed by atoms with Crippen LogP contribution in [0.3, 0.4) is 0 Å². The molecule has 4 heteroatoms. The first kappa shape index (κ1) is 17.9. The van der Waals surface area contributed by atoms with E-state index in [-0.39, 0.29) is 0 Å². The second kappa shape index (κ2) is 9.80. The molecule has 0 unspecified atom stereocenters. The van der Waals surface area contributed by atoms with Gasteiger partial charge in [0.1, 0.15) is 0 Å². The van der Waals surface area contributed by atoms with E-state index in [9.17, 15) is 0 Å². The fourth-order valence-electron chi connectivity index (χ4n) is 1.98. The molecule has 0 spiro atoms. The molecule has 0 N–H and O–H groups in total. The highest BCUT2D eigenvalue weighted by Gasteiger charge is 2.30. The van der Waals surface area contributed by atoms with Crippen LogP contribution in [0.15, 0.2) is 30.3 Å². The summed E-state index contributed by atoms with van der Waals surface area (Å²) in [5.41, 5.74) is 1.53. The highest BCUT2D eigenvalue weighted by molar-refractivity contribution is 7.75. The number of ether oxygens (including phenoxy) is 1. The largest absolute Gasteiger partial charge is 0.553 e. The Labute approximate surface area is 117 Å². The molecule has 0 amide bonds. The molecule has 19 heavy (non-hydrogen) atoms. The van der Waals surface area contributed by atoms with Gasteiger partial charge in [-0.2, -0.15) is 0 Å². The summed E-state index contributed by atoms with van der Waals surface area (Å²) in [6.07, 6.45) is 4.04. The third kappa shape index (κ3) is 7.17. The van der Waals surface area contributed by atoms with Gasteiger partial charge < -0.3 is 14.6 Å². The summed E-state index contributed by atoms with van der Waals surface area (Å²) in [6, 6.07) is 11.0. The first-order valence-electron chi connectivity index (χ1n) is 6.67. The minimum Gasteiger partial charge on any atom is -0.553 e. The van der Waals surface area contributed by atoms with Gasteiger partial charge in [0.2, 0.25) is 0 Å². The van der Waals surface area contributed by atoms with Crippen LogP contribution < -0.4 is 5.11 Å². The predicted octanol–water partition coefficient (Wildman–Crippen LogP) is 3.24. The predicted molar refractivity (Wildman–Crippen MR) is 81.1 cm³/mol. The average Bonchev–Trinajstić information content (AvgIpc) is 2.46. The van der Waals surface area contributed by atoms with Gasteiger partial charge in [0, 0.05) is 14.4 Å². The Bertz CT molecular complexity index is 339. The lowest BCUT2D eigenvalue weighted by molar-refractivity contribution is -0.279. The van der Waals surface area contributed by atoms with Gasteiger partial charge >= 0.3 is 0 Å². The fourth-order valence-corrected chi connectivity index (χ4v) is 4.97. The van der Waals surface area contributed by atoms with Gasteiger partial charge in [0.05, 0.1) is 24.6 Å². The topological polar surface area (TPSA) is 49.4 Å². The van der Waals surface area contributed by atoms with E-state index in [1.165, 1.54) is 30.2 Å². The Kier molecular flexibility index (Phi) is 9.24. The normalized spacial score (nSPS) is 10.3. The molecule has 0 aromatic heterocycles. The third-order valence-electron chi connectivity index (χ3n) is 3.54. The van der Waals surface area contributed by atoms with Crippen LogP contribution in [0.2, 0.25) is 0 Å². The minimum atomic E-state index is -1.50. The molecule has 0 radical (unpaired) electrons. The zero-order valence-corrected chi connectivity index (χ0v) is 13.3. The van der Waals surface area contributed by atoms with Gasteiger partial charge in [-0.25, -0.2) is 0 Å². The Morgan fingerprint density at radius 1 is 1.11 bits per heavy atom. The van der Waals surface area contributed by atoms with Gasteiger partial charge in [0.25, 0.3) is 6.16 Å². The minimum absolute atomic E-state index is 0.661. The SMILES string of the molecule is CC[P+](CC)(CC)Cc1ccccc1.COC(=O)[O-]. The standard InChI is InChI=1S/C13H22P.C2H4O3/c1-4-14(5-2,6-3)12-13-10-8-7-9-11-13;1-5-2(3)4/h7-11H,4-6,12H2,1-3H3;1H3,(H,3,4)/q+1;/p-1. The second-order valence-electron chi connectivity index (χ2n) is 4.39. The number of carboxylic acid groups (broad SMARTS) is 1. The third-order valence-corrected chi connectivity index (χ3v) is 8.60. The van der Waals surface area contributed by atoms with Crippen molar-refractivity contribution in [1.82, 2.24) is 0 Å². The number of benzene rings is 1. The summed E-state index contributed by atoms with van der Waals surface area (Å²) in [7, 11) is 0.376. The first-order valence-corrected chi connectivity index (χ1v) is 9.20. The molecule has 1 aromatic rings. The quantitative estimate of drug-likeness (QED) is 0.616. The smallest absolute Gasteiger partial charge is 0.251 e. The number of carbonyl (C=O) groups is 1. The van der Waals surface area contributed by atoms with Crippen LogP contribution in [0.5, 0.6) is 0 Å². The number of carbonyl (C=O) groups excluding carboxylic acids is 1. The fraction of sp³-hybridized carbons (Fsp3) is 0.533. The molecule has 0 fully saturated rings. The van der Waals surface area contributed by atoms with Gasteiger partial charge in [-0.1, -0.05) is 30.3 Å². The van der Waals surface area contributed by atoms with Gasteiger partial charge in [-0.05, 0) is 26.3 Å². The molecule has 0 aliphatic heterocycles. The van der Waals surface area contributed by atoms with Crippen molar-refractivity contribution in [3.63, 3.8) is 0 Å². The summed E-state index contributed by atoms with van der Waals surface area (Å²) in [6.45, 7) is 7.09. The first-order chi connectivity index (χ1) is 9.03. The molecule has 0 atom stereocenters. The molecule has 108 valence electrons. The summed E-state index contributed by atoms with van der Waals surface area (Å²) >= 11 is 0. The van der Waals surface area contributed by atoms with Crippen molar-refractivity contribution >= 4 is 13.4 Å². The van der Waals surface area contributed by atoms with Crippen molar-refractivity contribution in [2.75, 3.05) is 25.6 Å². The molecule has 1 rings (SSSR count). The van der Waals surface area contributed by atoms with E-state index in [1.54, 1.807) is 0 Å². The molecular formula is C15H25O3P. The summed E-state index contributed by atoms with van der Waals surface area (Å²) < 4.78 is 3.56. The van der Waals surface area contributed by atoms with Crippen LogP contribution >= 0.6 is 7.26 Å². The van der Waals surface area contributed by atoms with E-state index in [1.807, 2.05) is 0 Å². The Hall–Kier alpha value is -1.08. The molecule has 0 heterocycles. The Balaban J connectivity index is 0.000000555. The summed E-state index contributed by atoms with van der Waals surface area (Å²) in [5.74, 6) is 0. The maximum Gasteiger partial charge on any atom is 0.251 e. The zero-order chi connectivity index (χ0) is 14.7. The van der Waals surface area contributed by atoms with Gasteiger partial charge in [-0.15, -0.1) is 0 Å². The lowest BCUT2D eigenvalue weighted by Crippen LogP contribution is -2.21. The number of hydrogen-bond acceptors (Lipinski definition) is 3. The second-order valence-corrected chi connectivity index (χ2v) is 9.29. The molecule has 0 aliphatic rings. The van der Waals surface area contributed by atoms with E-state index >= 15 is 0 Å². The Morgan fingerprint density at radius 2 is 1.53 bits per heavy atom. The average molecular weight is 284 g/mol. The molecule has 0 saturated carbocycles. The van der Waals surface area contributed by atoms with Crippen LogP contribution in [-0.2, 0) is 10.9 Å². The zero-order valence-electron chi connectivity index (χ0n) is 12.4. The van der Waals surface area contributed by atoms with Crippen LogP contribution in [0.25, 0.3) is 0 Å². The number of hydrogen-bond donors (Lipinski definition) is 0. The van der Waals surface area contributed by atoms with Crippen molar-refractivity contribution in [1.29, 1.82) is 0 Å². The van der Waals surface area contributed by atoms with E-state index in [2.05, 4.69) is 55.8 Å². The van der Waals surface area contributed by atoms with Crippen molar-refractivity contribution in [3.8, 4) is 0 Å². The number of methoxy groups -OCH3 is 1. The molecule has 3 nitrogen and oxygen atoms in total. The van der Waals surface area contributed by atoms with Crippen LogP contribution in [-0.4, -0.2) is 31.8 Å². The monoisotopic (exact) mass is 284 g/mol. The molecule has 0 saturated heterocycles. The highest BCUT2D eigenvalue weighted by atomic mass is 31.2. The van der Waals surface area contributed by atoms with Crippen LogP contribution in [0.4, 0.5) is 4.79 Å².